The molecule has 0 bridgehead atoms. The van der Waals surface area contributed by atoms with E-state index in [4.69, 9.17) is 0 Å². The van der Waals surface area contributed by atoms with Gasteiger partial charge in [0, 0.05) is 17.1 Å². The van der Waals surface area contributed by atoms with Crippen LogP contribution in [0.15, 0.2) is 11.7 Å². The fourth-order valence-electron chi connectivity index (χ4n) is 2.63. The first-order chi connectivity index (χ1) is 9.09. The van der Waals surface area contributed by atoms with Gasteiger partial charge in [0.2, 0.25) is 0 Å². The van der Waals surface area contributed by atoms with Crippen LogP contribution < -0.4 is 5.32 Å². The van der Waals surface area contributed by atoms with Crippen LogP contribution in [0.3, 0.4) is 0 Å². The highest BCUT2D eigenvalue weighted by molar-refractivity contribution is 7.91. The number of hydrogen-bond donors (Lipinski definition) is 1. The third kappa shape index (κ3) is 4.85. The molecule has 0 aliphatic carbocycles. The van der Waals surface area contributed by atoms with Gasteiger partial charge >= 0.3 is 0 Å². The van der Waals surface area contributed by atoms with Crippen LogP contribution in [0.1, 0.15) is 31.1 Å². The number of nitrogens with zero attached hydrogens (tertiary/aromatic N) is 1. The fraction of sp³-hybridized carbons (Fsp3) is 0.769. The summed E-state index contributed by atoms with van der Waals surface area (Å²) in [5.41, 5.74) is 1.85. The Kier molecular flexibility index (Phi) is 5.36. The third-order valence-electron chi connectivity index (χ3n) is 3.56. The minimum Gasteiger partial charge on any atom is -0.314 e. The van der Waals surface area contributed by atoms with E-state index in [0.717, 1.165) is 32.2 Å². The van der Waals surface area contributed by atoms with E-state index < -0.39 is 9.84 Å². The van der Waals surface area contributed by atoms with Crippen molar-refractivity contribution in [3.8, 4) is 0 Å². The van der Waals surface area contributed by atoms with Gasteiger partial charge in [0.25, 0.3) is 0 Å². The first-order valence-corrected chi connectivity index (χ1v) is 9.60. The Balaban J connectivity index is 1.90. The highest BCUT2D eigenvalue weighted by Gasteiger charge is 2.29. The summed E-state index contributed by atoms with van der Waals surface area (Å²) >= 11 is 1.67. The quantitative estimate of drug-likeness (QED) is 0.835. The number of nitrogens with one attached hydrogen (secondary N) is 1. The lowest BCUT2D eigenvalue weighted by Crippen LogP contribution is -2.33. The molecule has 1 fully saturated rings. The molecule has 0 aromatic carbocycles. The van der Waals surface area contributed by atoms with Crippen LogP contribution in [0.4, 0.5) is 0 Å². The van der Waals surface area contributed by atoms with Crippen molar-refractivity contribution in [1.82, 2.24) is 10.3 Å². The van der Waals surface area contributed by atoms with Crippen molar-refractivity contribution in [2.75, 3.05) is 18.1 Å². The van der Waals surface area contributed by atoms with E-state index >= 15 is 0 Å². The topological polar surface area (TPSA) is 59.1 Å². The average molecular weight is 302 g/mol. The molecule has 1 aliphatic heterocycles. The van der Waals surface area contributed by atoms with Gasteiger partial charge in [0.1, 0.15) is 0 Å². The van der Waals surface area contributed by atoms with Crippen LogP contribution >= 0.6 is 11.3 Å². The van der Waals surface area contributed by atoms with Gasteiger partial charge in [-0.15, -0.1) is 11.3 Å². The maximum Gasteiger partial charge on any atom is 0.150 e. The van der Waals surface area contributed by atoms with Gasteiger partial charge < -0.3 is 5.32 Å². The zero-order valence-corrected chi connectivity index (χ0v) is 13.0. The highest BCUT2D eigenvalue weighted by atomic mass is 32.2. The molecule has 2 unspecified atom stereocenters. The number of rotatable bonds is 7. The Hall–Kier alpha value is -0.460. The molecule has 2 rings (SSSR count). The molecule has 1 aromatic heterocycles. The van der Waals surface area contributed by atoms with Crippen LogP contribution in [-0.2, 0) is 16.3 Å². The molecule has 0 saturated carbocycles. The first-order valence-electron chi connectivity index (χ1n) is 6.90. The summed E-state index contributed by atoms with van der Waals surface area (Å²) in [5, 5.41) is 3.55. The van der Waals surface area contributed by atoms with Gasteiger partial charge in [-0.25, -0.2) is 8.42 Å². The molecule has 1 N–H and O–H groups in total. The molecular formula is C13H22N2O2S2. The molecule has 0 spiro atoms. The van der Waals surface area contributed by atoms with Crippen molar-refractivity contribution < 1.29 is 8.42 Å². The molecule has 1 aromatic rings. The Morgan fingerprint density at radius 3 is 3.00 bits per heavy atom. The highest BCUT2D eigenvalue weighted by Crippen LogP contribution is 2.24. The van der Waals surface area contributed by atoms with E-state index in [9.17, 15) is 8.42 Å². The molecule has 4 nitrogen and oxygen atoms in total. The number of hydrogen-bond acceptors (Lipinski definition) is 5. The monoisotopic (exact) mass is 302 g/mol. The van der Waals surface area contributed by atoms with Gasteiger partial charge in [-0.1, -0.05) is 6.92 Å². The second-order valence-corrected chi connectivity index (χ2v) is 8.53. The fourth-order valence-corrected chi connectivity index (χ4v) is 5.19. The van der Waals surface area contributed by atoms with E-state index in [-0.39, 0.29) is 0 Å². The summed E-state index contributed by atoms with van der Waals surface area (Å²) in [5.74, 6) is 1.07. The number of aromatic nitrogens is 1. The molecule has 1 aliphatic rings. The van der Waals surface area contributed by atoms with Crippen LogP contribution in [0.2, 0.25) is 0 Å². The molecular weight excluding hydrogens is 280 g/mol. The maximum absolute atomic E-state index is 11.5. The van der Waals surface area contributed by atoms with Crippen molar-refractivity contribution in [3.63, 3.8) is 0 Å². The summed E-state index contributed by atoms with van der Waals surface area (Å²) < 4.78 is 23.1. The summed E-state index contributed by atoms with van der Waals surface area (Å²) in [6.45, 7) is 3.14. The molecule has 0 radical (unpaired) electrons. The van der Waals surface area contributed by atoms with Crippen molar-refractivity contribution in [2.24, 2.45) is 5.92 Å². The van der Waals surface area contributed by atoms with Crippen molar-refractivity contribution in [2.45, 2.75) is 38.6 Å². The lowest BCUT2D eigenvalue weighted by molar-refractivity contribution is 0.404. The average Bonchev–Trinajstić information content (AvgIpc) is 2.96. The third-order valence-corrected chi connectivity index (χ3v) is 6.20. The molecule has 0 amide bonds. The minimum atomic E-state index is -2.76. The molecule has 19 heavy (non-hydrogen) atoms. The summed E-state index contributed by atoms with van der Waals surface area (Å²) in [4.78, 5) is 5.38. The van der Waals surface area contributed by atoms with E-state index in [0.29, 0.717) is 23.5 Å². The lowest BCUT2D eigenvalue weighted by atomic mass is 9.97. The van der Waals surface area contributed by atoms with Gasteiger partial charge in [0.15, 0.2) is 9.84 Å². The largest absolute Gasteiger partial charge is 0.314 e. The second-order valence-electron chi connectivity index (χ2n) is 5.33. The number of thiazole rings is 1. The van der Waals surface area contributed by atoms with Crippen molar-refractivity contribution >= 4 is 21.2 Å². The Labute approximate surface area is 119 Å². The summed E-state index contributed by atoms with van der Waals surface area (Å²) in [6, 6.07) is 0.374. The van der Waals surface area contributed by atoms with Crippen molar-refractivity contribution in [3.05, 3.63) is 16.6 Å². The van der Waals surface area contributed by atoms with Gasteiger partial charge in [-0.3, -0.25) is 4.98 Å². The Bertz CT molecular complexity index is 471. The molecule has 2 atom stereocenters. The van der Waals surface area contributed by atoms with E-state index in [2.05, 4.69) is 17.2 Å². The lowest BCUT2D eigenvalue weighted by Gasteiger charge is -2.20. The predicted molar refractivity (Wildman–Crippen MR) is 79.3 cm³/mol. The summed E-state index contributed by atoms with van der Waals surface area (Å²) in [7, 11) is -2.76. The minimum absolute atomic E-state index is 0.326. The standard InChI is InChI=1S/C13H22N2O2S2/c1-2-4-15-12(7-13-8-14-10-18-13)6-11-3-5-19(16,17)9-11/h8,10-12,15H,2-7,9H2,1H3. The van der Waals surface area contributed by atoms with Crippen LogP contribution in [0.5, 0.6) is 0 Å². The SMILES string of the molecule is CCCNC(Cc1cncs1)CC1CCS(=O)(=O)C1. The number of sulfone groups is 1. The van der Waals surface area contributed by atoms with E-state index in [1.54, 1.807) is 11.3 Å². The maximum atomic E-state index is 11.5. The van der Waals surface area contributed by atoms with Crippen molar-refractivity contribution in [1.29, 1.82) is 0 Å². The van der Waals surface area contributed by atoms with E-state index in [1.807, 2.05) is 11.7 Å². The van der Waals surface area contributed by atoms with Gasteiger partial charge in [0.05, 0.1) is 17.0 Å². The van der Waals surface area contributed by atoms with E-state index in [1.165, 1.54) is 4.88 Å². The Morgan fingerprint density at radius 2 is 2.42 bits per heavy atom. The normalized spacial score (nSPS) is 23.5. The zero-order valence-electron chi connectivity index (χ0n) is 11.3. The van der Waals surface area contributed by atoms with Gasteiger partial charge in [-0.05, 0) is 38.1 Å². The smallest absolute Gasteiger partial charge is 0.150 e. The van der Waals surface area contributed by atoms with Gasteiger partial charge in [-0.2, -0.15) is 0 Å². The predicted octanol–water partition coefficient (Wildman–Crippen LogP) is 1.88. The second kappa shape index (κ2) is 6.81. The zero-order chi connectivity index (χ0) is 13.7. The Morgan fingerprint density at radius 1 is 1.58 bits per heavy atom. The summed E-state index contributed by atoms with van der Waals surface area (Å²) in [6.07, 6.45) is 5.76. The molecule has 6 heteroatoms. The molecule has 1 saturated heterocycles. The van der Waals surface area contributed by atoms with Crippen LogP contribution in [-0.4, -0.2) is 37.5 Å². The first kappa shape index (κ1) is 14.9. The van der Waals surface area contributed by atoms with Crippen LogP contribution in [0.25, 0.3) is 0 Å². The molecule has 108 valence electrons. The molecule has 2 heterocycles. The van der Waals surface area contributed by atoms with Crippen LogP contribution in [0, 0.1) is 5.92 Å².